The first-order chi connectivity index (χ1) is 9.32. The molecule has 0 radical (unpaired) electrons. The fourth-order valence-corrected chi connectivity index (χ4v) is 5.01. The second-order valence-corrected chi connectivity index (χ2v) is 8.00. The van der Waals surface area contributed by atoms with Gasteiger partial charge in [0.25, 0.3) is 0 Å². The molecule has 4 heteroatoms. The maximum absolute atomic E-state index is 10.7. The highest BCUT2D eigenvalue weighted by molar-refractivity contribution is 5.10. The standard InChI is InChI=1S/C16H28O4/c1-3-14(2,10-17)13(18)20-16-7-11-4-12(8-16)6-15(19,5-11)9-16/h11-13,17-19H,3-10H2,1-2H3. The van der Waals surface area contributed by atoms with Crippen molar-refractivity contribution in [2.24, 2.45) is 17.3 Å². The van der Waals surface area contributed by atoms with Crippen molar-refractivity contribution in [1.29, 1.82) is 0 Å². The maximum atomic E-state index is 10.7. The van der Waals surface area contributed by atoms with Gasteiger partial charge in [-0.25, -0.2) is 0 Å². The Bertz CT molecular complexity index is 363. The molecule has 4 fully saturated rings. The van der Waals surface area contributed by atoms with Crippen LogP contribution in [0.15, 0.2) is 0 Å². The first-order valence-electron chi connectivity index (χ1n) is 8.01. The van der Waals surface area contributed by atoms with Crippen LogP contribution in [-0.2, 0) is 4.74 Å². The Morgan fingerprint density at radius 2 is 1.85 bits per heavy atom. The lowest BCUT2D eigenvalue weighted by Gasteiger charge is -2.60. The molecule has 4 aliphatic rings. The van der Waals surface area contributed by atoms with Crippen molar-refractivity contribution < 1.29 is 20.1 Å². The van der Waals surface area contributed by atoms with E-state index >= 15 is 0 Å². The van der Waals surface area contributed by atoms with Crippen LogP contribution in [0.3, 0.4) is 0 Å². The molecule has 0 spiro atoms. The van der Waals surface area contributed by atoms with Crippen molar-refractivity contribution in [3.63, 3.8) is 0 Å². The Morgan fingerprint density at radius 3 is 2.30 bits per heavy atom. The molecule has 116 valence electrons. The topological polar surface area (TPSA) is 69.9 Å². The minimum absolute atomic E-state index is 0.0854. The van der Waals surface area contributed by atoms with E-state index in [1.54, 1.807) is 0 Å². The van der Waals surface area contributed by atoms with Gasteiger partial charge in [-0.05, 0) is 50.4 Å². The summed E-state index contributed by atoms with van der Waals surface area (Å²) in [5, 5.41) is 30.7. The monoisotopic (exact) mass is 284 g/mol. The van der Waals surface area contributed by atoms with Crippen LogP contribution in [0.1, 0.15) is 58.8 Å². The SMILES string of the molecule is CCC(C)(CO)C(O)OC12CC3CC(CC(O)(C3)C1)C2. The van der Waals surface area contributed by atoms with Crippen LogP contribution in [0.25, 0.3) is 0 Å². The lowest BCUT2D eigenvalue weighted by Crippen LogP contribution is -2.61. The Balaban J connectivity index is 1.77. The van der Waals surface area contributed by atoms with Gasteiger partial charge in [-0.3, -0.25) is 0 Å². The third-order valence-corrected chi connectivity index (χ3v) is 6.10. The number of rotatable bonds is 5. The molecular formula is C16H28O4. The average Bonchev–Trinajstić information content (AvgIpc) is 2.34. The van der Waals surface area contributed by atoms with Crippen molar-refractivity contribution in [2.75, 3.05) is 6.61 Å². The minimum atomic E-state index is -0.961. The second kappa shape index (κ2) is 4.67. The molecule has 3 N–H and O–H groups in total. The molecule has 4 bridgehead atoms. The van der Waals surface area contributed by atoms with Gasteiger partial charge < -0.3 is 20.1 Å². The molecule has 0 aromatic rings. The van der Waals surface area contributed by atoms with Gasteiger partial charge in [0, 0.05) is 11.8 Å². The van der Waals surface area contributed by atoms with E-state index in [1.807, 2.05) is 13.8 Å². The number of hydrogen-bond acceptors (Lipinski definition) is 4. The van der Waals surface area contributed by atoms with Crippen LogP contribution in [0.4, 0.5) is 0 Å². The van der Waals surface area contributed by atoms with Gasteiger partial charge >= 0.3 is 0 Å². The molecule has 4 atom stereocenters. The van der Waals surface area contributed by atoms with E-state index in [1.165, 1.54) is 6.42 Å². The number of aliphatic hydroxyl groups excluding tert-OH is 2. The van der Waals surface area contributed by atoms with Gasteiger partial charge in [0.15, 0.2) is 6.29 Å². The van der Waals surface area contributed by atoms with Crippen molar-refractivity contribution in [3.8, 4) is 0 Å². The summed E-state index contributed by atoms with van der Waals surface area (Å²) in [6.07, 6.45) is 5.26. The summed E-state index contributed by atoms with van der Waals surface area (Å²) < 4.78 is 6.10. The molecule has 0 heterocycles. The van der Waals surface area contributed by atoms with Crippen LogP contribution in [0, 0.1) is 17.3 Å². The Labute approximate surface area is 121 Å². The van der Waals surface area contributed by atoms with E-state index < -0.39 is 17.3 Å². The van der Waals surface area contributed by atoms with E-state index in [0.717, 1.165) is 25.7 Å². The summed E-state index contributed by atoms with van der Waals surface area (Å²) in [5.74, 6) is 1.07. The molecule has 4 nitrogen and oxygen atoms in total. The van der Waals surface area contributed by atoms with Crippen molar-refractivity contribution in [1.82, 2.24) is 0 Å². The maximum Gasteiger partial charge on any atom is 0.162 e. The van der Waals surface area contributed by atoms with E-state index in [2.05, 4.69) is 0 Å². The Morgan fingerprint density at radius 1 is 1.25 bits per heavy atom. The summed E-state index contributed by atoms with van der Waals surface area (Å²) >= 11 is 0. The van der Waals surface area contributed by atoms with Crippen molar-refractivity contribution in [3.05, 3.63) is 0 Å². The molecule has 0 aromatic carbocycles. The first-order valence-corrected chi connectivity index (χ1v) is 8.01. The number of hydrogen-bond donors (Lipinski definition) is 3. The van der Waals surface area contributed by atoms with Gasteiger partial charge in [0.05, 0.1) is 17.8 Å². The predicted molar refractivity (Wildman–Crippen MR) is 74.9 cm³/mol. The average molecular weight is 284 g/mol. The molecule has 0 aliphatic heterocycles. The van der Waals surface area contributed by atoms with Crippen LogP contribution in [0.2, 0.25) is 0 Å². The molecular weight excluding hydrogens is 256 g/mol. The van der Waals surface area contributed by atoms with Crippen LogP contribution in [0.5, 0.6) is 0 Å². The third-order valence-electron chi connectivity index (χ3n) is 6.10. The molecule has 0 saturated heterocycles. The van der Waals surface area contributed by atoms with Crippen LogP contribution in [-0.4, -0.2) is 39.4 Å². The predicted octanol–water partition coefficient (Wildman–Crippen LogP) is 1.81. The largest absolute Gasteiger partial charge is 0.396 e. The zero-order chi connectivity index (χ0) is 14.6. The van der Waals surface area contributed by atoms with Gasteiger partial charge in [0.2, 0.25) is 0 Å². The molecule has 4 rings (SSSR count). The van der Waals surface area contributed by atoms with Gasteiger partial charge in [-0.15, -0.1) is 0 Å². The fraction of sp³-hybridized carbons (Fsp3) is 1.00. The van der Waals surface area contributed by atoms with Gasteiger partial charge in [-0.1, -0.05) is 13.8 Å². The molecule has 20 heavy (non-hydrogen) atoms. The minimum Gasteiger partial charge on any atom is -0.396 e. The fourth-order valence-electron chi connectivity index (χ4n) is 5.01. The highest BCUT2D eigenvalue weighted by Gasteiger charge is 2.59. The second-order valence-electron chi connectivity index (χ2n) is 8.00. The first kappa shape index (κ1) is 14.8. The molecule has 0 amide bonds. The normalized spacial score (nSPS) is 47.2. The lowest BCUT2D eigenvalue weighted by molar-refractivity contribution is -0.297. The van der Waals surface area contributed by atoms with Crippen LogP contribution >= 0.6 is 0 Å². The molecule has 4 unspecified atom stereocenters. The van der Waals surface area contributed by atoms with E-state index in [-0.39, 0.29) is 12.2 Å². The number of ether oxygens (including phenoxy) is 1. The zero-order valence-corrected chi connectivity index (χ0v) is 12.6. The van der Waals surface area contributed by atoms with Crippen LogP contribution < -0.4 is 0 Å². The molecule has 4 saturated carbocycles. The summed E-state index contributed by atoms with van der Waals surface area (Å²) in [7, 11) is 0. The Hall–Kier alpha value is -0.160. The Kier molecular flexibility index (Phi) is 3.45. The summed E-state index contributed by atoms with van der Waals surface area (Å²) in [6.45, 7) is 3.72. The van der Waals surface area contributed by atoms with E-state index in [4.69, 9.17) is 4.74 Å². The van der Waals surface area contributed by atoms with Gasteiger partial charge in [0.1, 0.15) is 0 Å². The molecule has 0 aromatic heterocycles. The van der Waals surface area contributed by atoms with Gasteiger partial charge in [-0.2, -0.15) is 0 Å². The summed E-state index contributed by atoms with van der Waals surface area (Å²) in [6, 6.07) is 0. The summed E-state index contributed by atoms with van der Waals surface area (Å²) in [4.78, 5) is 0. The highest BCUT2D eigenvalue weighted by Crippen LogP contribution is 2.59. The lowest BCUT2D eigenvalue weighted by atomic mass is 9.52. The third kappa shape index (κ3) is 2.31. The van der Waals surface area contributed by atoms with Crippen molar-refractivity contribution in [2.45, 2.75) is 76.3 Å². The quantitative estimate of drug-likeness (QED) is 0.674. The zero-order valence-electron chi connectivity index (χ0n) is 12.6. The van der Waals surface area contributed by atoms with E-state index in [9.17, 15) is 15.3 Å². The van der Waals surface area contributed by atoms with Crippen molar-refractivity contribution >= 4 is 0 Å². The number of aliphatic hydroxyl groups is 3. The molecule has 4 aliphatic carbocycles. The summed E-state index contributed by atoms with van der Waals surface area (Å²) in [5.41, 5.74) is -1.57. The van der Waals surface area contributed by atoms with E-state index in [0.29, 0.717) is 24.7 Å². The highest BCUT2D eigenvalue weighted by atomic mass is 16.6. The smallest absolute Gasteiger partial charge is 0.162 e.